The first-order chi connectivity index (χ1) is 15.3. The van der Waals surface area contributed by atoms with E-state index in [-0.39, 0.29) is 18.6 Å². The average molecular weight is 417 g/mol. The Morgan fingerprint density at radius 1 is 1.13 bits per heavy atom. The summed E-state index contributed by atoms with van der Waals surface area (Å²) in [5.74, 6) is 1.56. The molecule has 1 N–H and O–H groups in total. The van der Waals surface area contributed by atoms with Crippen LogP contribution in [0.2, 0.25) is 0 Å². The van der Waals surface area contributed by atoms with Gasteiger partial charge >= 0.3 is 0 Å². The molecular formula is C23H23N5O3. The summed E-state index contributed by atoms with van der Waals surface area (Å²) in [6.07, 6.45) is 9.07. The zero-order valence-corrected chi connectivity index (χ0v) is 17.0. The Kier molecular flexibility index (Phi) is 5.45. The third-order valence-electron chi connectivity index (χ3n) is 5.65. The first-order valence-electron chi connectivity index (χ1n) is 10.4. The zero-order valence-electron chi connectivity index (χ0n) is 17.0. The zero-order chi connectivity index (χ0) is 21.0. The molecule has 158 valence electrons. The minimum absolute atomic E-state index is 0.0449. The molecular weight excluding hydrogens is 394 g/mol. The summed E-state index contributed by atoms with van der Waals surface area (Å²) in [7, 11) is 0. The molecule has 2 aliphatic heterocycles. The smallest absolute Gasteiger partial charge is 0.238 e. The largest absolute Gasteiger partial charge is 0.454 e. The average Bonchev–Trinajstić information content (AvgIpc) is 3.28. The Morgan fingerprint density at radius 2 is 2.00 bits per heavy atom. The van der Waals surface area contributed by atoms with Crippen LogP contribution in [-0.4, -0.2) is 52.2 Å². The molecule has 0 radical (unpaired) electrons. The molecule has 8 nitrogen and oxygen atoms in total. The summed E-state index contributed by atoms with van der Waals surface area (Å²) in [6.45, 7) is 2.22. The van der Waals surface area contributed by atoms with Crippen LogP contribution in [0.3, 0.4) is 0 Å². The fourth-order valence-electron chi connectivity index (χ4n) is 4.22. The van der Waals surface area contributed by atoms with Gasteiger partial charge in [-0.15, -0.1) is 0 Å². The quantitative estimate of drug-likeness (QED) is 0.682. The number of pyridine rings is 1. The van der Waals surface area contributed by atoms with Gasteiger partial charge in [0.25, 0.3) is 0 Å². The van der Waals surface area contributed by atoms with Crippen molar-refractivity contribution in [1.82, 2.24) is 19.9 Å². The number of anilines is 1. The highest BCUT2D eigenvalue weighted by Crippen LogP contribution is 2.34. The Hall–Kier alpha value is -3.52. The van der Waals surface area contributed by atoms with E-state index in [1.165, 1.54) is 0 Å². The number of piperidine rings is 1. The van der Waals surface area contributed by atoms with E-state index in [1.54, 1.807) is 24.8 Å². The van der Waals surface area contributed by atoms with Gasteiger partial charge in [0.15, 0.2) is 11.5 Å². The fourth-order valence-corrected chi connectivity index (χ4v) is 4.22. The third kappa shape index (κ3) is 4.34. The van der Waals surface area contributed by atoms with E-state index >= 15 is 0 Å². The molecule has 0 spiro atoms. The maximum absolute atomic E-state index is 12.7. The number of fused-ring (bicyclic) bond motifs is 1. The standard InChI is InChI=1S/C23H23N5O3/c29-22(27-18-3-4-20-21(10-18)31-15-30-20)13-28-9-1-2-17(12-28)23-19(11-25-14-26-23)16-5-7-24-8-6-16/h3-8,10-11,14,17H,1-2,9,12-13,15H2,(H,27,29)/t17-/m1/s1. The van der Waals surface area contributed by atoms with E-state index < -0.39 is 0 Å². The lowest BCUT2D eigenvalue weighted by Crippen LogP contribution is -2.40. The van der Waals surface area contributed by atoms with Crippen molar-refractivity contribution in [3.63, 3.8) is 0 Å². The minimum atomic E-state index is -0.0449. The molecule has 5 rings (SSSR count). The van der Waals surface area contributed by atoms with Gasteiger partial charge in [-0.25, -0.2) is 9.97 Å². The van der Waals surface area contributed by atoms with Crippen LogP contribution in [-0.2, 0) is 4.79 Å². The first-order valence-corrected chi connectivity index (χ1v) is 10.4. The van der Waals surface area contributed by atoms with Crippen molar-refractivity contribution in [1.29, 1.82) is 0 Å². The molecule has 4 heterocycles. The number of nitrogens with one attached hydrogen (secondary N) is 1. The first kappa shape index (κ1) is 19.4. The highest BCUT2D eigenvalue weighted by molar-refractivity contribution is 5.92. The predicted octanol–water partition coefficient (Wildman–Crippen LogP) is 3.09. The number of hydrogen-bond donors (Lipinski definition) is 1. The number of carbonyl (C=O) groups is 1. The van der Waals surface area contributed by atoms with Crippen molar-refractivity contribution in [3.8, 4) is 22.6 Å². The minimum Gasteiger partial charge on any atom is -0.454 e. The molecule has 2 aromatic heterocycles. The van der Waals surface area contributed by atoms with Crippen molar-refractivity contribution in [2.45, 2.75) is 18.8 Å². The lowest BCUT2D eigenvalue weighted by Gasteiger charge is -2.32. The van der Waals surface area contributed by atoms with Gasteiger partial charge in [-0.3, -0.25) is 14.7 Å². The number of likely N-dealkylation sites (tertiary alicyclic amines) is 1. The summed E-state index contributed by atoms with van der Waals surface area (Å²) in [6, 6.07) is 9.38. The topological polar surface area (TPSA) is 89.5 Å². The number of amides is 1. The summed E-state index contributed by atoms with van der Waals surface area (Å²) < 4.78 is 10.7. The number of nitrogens with zero attached hydrogens (tertiary/aromatic N) is 4. The van der Waals surface area contributed by atoms with Crippen molar-refractivity contribution in [2.24, 2.45) is 0 Å². The molecule has 3 aromatic rings. The van der Waals surface area contributed by atoms with Crippen LogP contribution in [0.15, 0.2) is 55.2 Å². The normalized spacial score (nSPS) is 18.0. The molecule has 0 unspecified atom stereocenters. The lowest BCUT2D eigenvalue weighted by atomic mass is 9.90. The molecule has 8 heteroatoms. The molecule has 0 aliphatic carbocycles. The van der Waals surface area contributed by atoms with Crippen molar-refractivity contribution in [2.75, 3.05) is 31.7 Å². The van der Waals surface area contributed by atoms with E-state index in [4.69, 9.17) is 9.47 Å². The Bertz CT molecular complexity index is 1080. The van der Waals surface area contributed by atoms with Crippen LogP contribution in [0.25, 0.3) is 11.1 Å². The summed E-state index contributed by atoms with van der Waals surface area (Å²) in [5, 5.41) is 2.96. The number of benzene rings is 1. The second-order valence-corrected chi connectivity index (χ2v) is 7.75. The van der Waals surface area contributed by atoms with Crippen molar-refractivity contribution in [3.05, 3.63) is 60.9 Å². The van der Waals surface area contributed by atoms with E-state index in [1.807, 2.05) is 30.5 Å². The second kappa shape index (κ2) is 8.69. The Balaban J connectivity index is 1.25. The molecule has 0 saturated carbocycles. The highest BCUT2D eigenvalue weighted by Gasteiger charge is 2.26. The van der Waals surface area contributed by atoms with E-state index in [2.05, 4.69) is 25.2 Å². The van der Waals surface area contributed by atoms with Crippen LogP contribution < -0.4 is 14.8 Å². The van der Waals surface area contributed by atoms with E-state index in [0.29, 0.717) is 23.7 Å². The van der Waals surface area contributed by atoms with Crippen LogP contribution in [0, 0.1) is 0 Å². The molecule has 1 amide bonds. The Morgan fingerprint density at radius 3 is 2.90 bits per heavy atom. The van der Waals surface area contributed by atoms with Gasteiger partial charge in [0.05, 0.1) is 12.2 Å². The highest BCUT2D eigenvalue weighted by atomic mass is 16.7. The molecule has 1 atom stereocenters. The molecule has 31 heavy (non-hydrogen) atoms. The number of ether oxygens (including phenoxy) is 2. The molecule has 1 fully saturated rings. The number of hydrogen-bond acceptors (Lipinski definition) is 7. The van der Waals surface area contributed by atoms with E-state index in [9.17, 15) is 4.79 Å². The SMILES string of the molecule is O=C(CN1CCC[C@@H](c2ncncc2-c2ccncc2)C1)Nc1ccc2c(c1)OCO2. The van der Waals surface area contributed by atoms with Crippen molar-refractivity contribution >= 4 is 11.6 Å². The van der Waals surface area contributed by atoms with Crippen LogP contribution >= 0.6 is 0 Å². The number of carbonyl (C=O) groups excluding carboxylic acids is 1. The van der Waals surface area contributed by atoms with Gasteiger partial charge in [-0.1, -0.05) is 0 Å². The second-order valence-electron chi connectivity index (χ2n) is 7.75. The van der Waals surface area contributed by atoms with Gasteiger partial charge in [0.2, 0.25) is 12.7 Å². The lowest BCUT2D eigenvalue weighted by molar-refractivity contribution is -0.117. The fraction of sp³-hybridized carbons (Fsp3) is 0.304. The predicted molar refractivity (Wildman–Crippen MR) is 115 cm³/mol. The molecule has 0 bridgehead atoms. The van der Waals surface area contributed by atoms with Gasteiger partial charge in [-0.2, -0.15) is 0 Å². The van der Waals surface area contributed by atoms with Gasteiger partial charge in [0.1, 0.15) is 6.33 Å². The van der Waals surface area contributed by atoms with Crippen LogP contribution in [0.5, 0.6) is 11.5 Å². The van der Waals surface area contributed by atoms with E-state index in [0.717, 1.165) is 42.8 Å². The monoisotopic (exact) mass is 417 g/mol. The van der Waals surface area contributed by atoms with Crippen molar-refractivity contribution < 1.29 is 14.3 Å². The van der Waals surface area contributed by atoms with Crippen LogP contribution in [0.4, 0.5) is 5.69 Å². The Labute approximate surface area is 180 Å². The molecule has 1 saturated heterocycles. The summed E-state index contributed by atoms with van der Waals surface area (Å²) in [5.41, 5.74) is 3.82. The molecule has 2 aliphatic rings. The van der Waals surface area contributed by atoms with Gasteiger partial charge < -0.3 is 14.8 Å². The van der Waals surface area contributed by atoms with Crippen LogP contribution in [0.1, 0.15) is 24.5 Å². The van der Waals surface area contributed by atoms with Gasteiger partial charge in [-0.05, 0) is 49.2 Å². The number of rotatable bonds is 5. The van der Waals surface area contributed by atoms with Gasteiger partial charge in [0, 0.05) is 48.4 Å². The molecule has 1 aromatic carbocycles. The maximum Gasteiger partial charge on any atom is 0.238 e. The number of aromatic nitrogens is 3. The third-order valence-corrected chi connectivity index (χ3v) is 5.65. The summed E-state index contributed by atoms with van der Waals surface area (Å²) in [4.78, 5) is 27.8. The summed E-state index contributed by atoms with van der Waals surface area (Å²) >= 11 is 0. The maximum atomic E-state index is 12.7.